The van der Waals surface area contributed by atoms with Gasteiger partial charge in [0.05, 0.1) is 18.0 Å². The van der Waals surface area contributed by atoms with E-state index in [9.17, 15) is 14.4 Å². The van der Waals surface area contributed by atoms with Crippen molar-refractivity contribution in [3.05, 3.63) is 0 Å². The van der Waals surface area contributed by atoms with Gasteiger partial charge >= 0.3 is 12.1 Å². The summed E-state index contributed by atoms with van der Waals surface area (Å²) >= 11 is 7.89. The van der Waals surface area contributed by atoms with E-state index in [4.69, 9.17) is 31.3 Å². The maximum absolute atomic E-state index is 12.1. The van der Waals surface area contributed by atoms with Crippen LogP contribution in [-0.2, 0) is 28.6 Å². The molecule has 0 rings (SSSR count). The Morgan fingerprint density at radius 3 is 2.28 bits per heavy atom. The van der Waals surface area contributed by atoms with Crippen LogP contribution in [0.5, 0.6) is 0 Å². The first kappa shape index (κ1) is 27.9. The van der Waals surface area contributed by atoms with Crippen molar-refractivity contribution in [2.45, 2.75) is 45.0 Å². The monoisotopic (exact) mass is 470 g/mol. The highest BCUT2D eigenvalue weighted by molar-refractivity contribution is 8.47. The van der Waals surface area contributed by atoms with Crippen molar-refractivity contribution in [1.29, 1.82) is 0 Å². The van der Waals surface area contributed by atoms with E-state index in [0.29, 0.717) is 10.1 Å². The maximum atomic E-state index is 12.1. The second kappa shape index (κ2) is 14.0. The lowest BCUT2D eigenvalue weighted by Gasteiger charge is -2.22. The van der Waals surface area contributed by atoms with Gasteiger partial charge in [0, 0.05) is 6.54 Å². The fourth-order valence-corrected chi connectivity index (χ4v) is 3.72. The Balaban J connectivity index is 3.74. The molecule has 0 aliphatic carbocycles. The minimum Gasteiger partial charge on any atom is -0.461 e. The van der Waals surface area contributed by atoms with E-state index in [1.807, 2.05) is 11.7 Å². The molecule has 168 valence electrons. The molecule has 12 heteroatoms. The van der Waals surface area contributed by atoms with Crippen LogP contribution in [0, 0.1) is 0 Å². The lowest BCUT2D eigenvalue weighted by molar-refractivity contribution is -0.152. The molecule has 0 radical (unpaired) electrons. The molecule has 0 atom stereocenters. The minimum atomic E-state index is -0.799. The molecule has 0 unspecified atom stereocenters. The number of thiocarbonyl (C=S) groups is 1. The first-order valence-electron chi connectivity index (χ1n) is 8.77. The van der Waals surface area contributed by atoms with Gasteiger partial charge in [0.25, 0.3) is 0 Å². The summed E-state index contributed by atoms with van der Waals surface area (Å²) in [6.45, 7) is 9.03. The normalized spacial score (nSPS) is 11.5. The Hall–Kier alpha value is -1.08. The number of carbonyl (C=O) groups excluding carboxylic acids is 3. The van der Waals surface area contributed by atoms with E-state index in [2.05, 4.69) is 5.32 Å². The Morgan fingerprint density at radius 1 is 1.03 bits per heavy atom. The zero-order valence-electron chi connectivity index (χ0n) is 17.6. The van der Waals surface area contributed by atoms with Crippen LogP contribution in [0.25, 0.3) is 0 Å². The summed E-state index contributed by atoms with van der Waals surface area (Å²) in [5.41, 5.74) is 1.32. The molecule has 9 nitrogen and oxygen atoms in total. The van der Waals surface area contributed by atoms with E-state index in [0.717, 1.165) is 0 Å². The van der Waals surface area contributed by atoms with Gasteiger partial charge in [-0.1, -0.05) is 24.0 Å². The third kappa shape index (κ3) is 15.4. The molecule has 0 aliphatic heterocycles. The lowest BCUT2D eigenvalue weighted by atomic mass is 10.2. The molecule has 0 spiro atoms. The number of ether oxygens (including phenoxy) is 3. The number of thioether (sulfide) groups is 2. The van der Waals surface area contributed by atoms with E-state index in [1.165, 1.54) is 23.5 Å². The molecule has 29 heavy (non-hydrogen) atoms. The Bertz CT molecular complexity index is 566. The van der Waals surface area contributed by atoms with Crippen molar-refractivity contribution in [2.24, 2.45) is 0 Å². The highest BCUT2D eigenvalue weighted by atomic mass is 32.2. The molecule has 0 fully saturated rings. The number of carbonyl (C=O) groups is 3. The zero-order valence-corrected chi connectivity index (χ0v) is 20.1. The van der Waals surface area contributed by atoms with Gasteiger partial charge in [-0.2, -0.15) is 5.48 Å². The van der Waals surface area contributed by atoms with Crippen molar-refractivity contribution in [3.63, 3.8) is 0 Å². The topological polar surface area (TPSA) is 112 Å². The smallest absolute Gasteiger partial charge is 0.431 e. The van der Waals surface area contributed by atoms with Crippen molar-refractivity contribution < 1.29 is 33.4 Å². The summed E-state index contributed by atoms with van der Waals surface area (Å²) in [6, 6.07) is 0. The lowest BCUT2D eigenvalue weighted by Crippen LogP contribution is -2.41. The molecule has 0 saturated carbocycles. The van der Waals surface area contributed by atoms with Crippen LogP contribution in [0.2, 0.25) is 0 Å². The van der Waals surface area contributed by atoms with Gasteiger partial charge in [0.1, 0.15) is 15.7 Å². The van der Waals surface area contributed by atoms with Crippen LogP contribution in [-0.4, -0.2) is 71.1 Å². The highest BCUT2D eigenvalue weighted by Gasteiger charge is 2.29. The fourth-order valence-electron chi connectivity index (χ4n) is 1.56. The van der Waals surface area contributed by atoms with Crippen molar-refractivity contribution in [1.82, 2.24) is 10.8 Å². The van der Waals surface area contributed by atoms with Crippen LogP contribution >= 0.6 is 35.7 Å². The molecule has 0 aromatic heterocycles. The van der Waals surface area contributed by atoms with Crippen LogP contribution < -0.4 is 10.8 Å². The average Bonchev–Trinajstić information content (AvgIpc) is 2.58. The van der Waals surface area contributed by atoms with E-state index in [-0.39, 0.29) is 25.7 Å². The fraction of sp³-hybridized carbons (Fsp3) is 0.765. The van der Waals surface area contributed by atoms with E-state index in [1.54, 1.807) is 34.6 Å². The molecule has 2 amide bonds. The summed E-state index contributed by atoms with van der Waals surface area (Å²) in [4.78, 5) is 39.6. The molecule has 0 bridgehead atoms. The molecule has 0 aromatic rings. The maximum Gasteiger partial charge on any atom is 0.431 e. The van der Waals surface area contributed by atoms with Gasteiger partial charge < -0.3 is 19.5 Å². The van der Waals surface area contributed by atoms with E-state index < -0.39 is 29.0 Å². The summed E-state index contributed by atoms with van der Waals surface area (Å²) in [6.07, 6.45) is 1.07. The quantitative estimate of drug-likeness (QED) is 0.202. The molecule has 0 heterocycles. The predicted molar refractivity (Wildman–Crippen MR) is 118 cm³/mol. The van der Waals surface area contributed by atoms with Crippen LogP contribution in [0.15, 0.2) is 0 Å². The van der Waals surface area contributed by atoms with Gasteiger partial charge in [-0.25, -0.2) is 9.59 Å². The van der Waals surface area contributed by atoms with Crippen molar-refractivity contribution in [3.8, 4) is 0 Å². The standard InChI is InChI=1S/C17H30N2O7S3/c1-16(2,3)26-14(22)19-25-11-12(20)24-10-9-23-8-7-18-13(21)17(4,5)29-15(27)28-6/h7-11H2,1-6H3,(H,18,21)(H,19,22). The molecule has 2 N–H and O–H groups in total. The molecular formula is C17H30N2O7S3. The Kier molecular flexibility index (Phi) is 13.5. The predicted octanol–water partition coefficient (Wildman–Crippen LogP) is 2.28. The SMILES string of the molecule is CSC(=S)SC(C)(C)C(=O)NCCOCCOC(=O)CONC(=O)OC(C)(C)C. The number of rotatable bonds is 11. The first-order chi connectivity index (χ1) is 13.4. The van der Waals surface area contributed by atoms with Gasteiger partial charge in [0.2, 0.25) is 5.91 Å². The van der Waals surface area contributed by atoms with Crippen LogP contribution in [0.3, 0.4) is 0 Å². The Labute approximate surface area is 185 Å². The van der Waals surface area contributed by atoms with Crippen molar-refractivity contribution >= 4 is 57.2 Å². The molecule has 0 saturated heterocycles. The van der Waals surface area contributed by atoms with Crippen molar-refractivity contribution in [2.75, 3.05) is 39.2 Å². The number of hydrogen-bond donors (Lipinski definition) is 2. The number of esters is 1. The minimum absolute atomic E-state index is 0.0198. The number of hydrogen-bond acceptors (Lipinski definition) is 10. The third-order valence-corrected chi connectivity index (χ3v) is 5.51. The number of hydroxylamine groups is 1. The van der Waals surface area contributed by atoms with Gasteiger partial charge in [-0.3, -0.25) is 9.63 Å². The second-order valence-corrected chi connectivity index (χ2v) is 10.7. The van der Waals surface area contributed by atoms with Gasteiger partial charge in [-0.15, -0.1) is 11.8 Å². The van der Waals surface area contributed by atoms with Crippen LogP contribution in [0.1, 0.15) is 34.6 Å². The second-order valence-electron chi connectivity index (χ2n) is 7.05. The summed E-state index contributed by atoms with van der Waals surface area (Å²) in [5, 5.41) is 2.77. The number of amides is 2. The summed E-state index contributed by atoms with van der Waals surface area (Å²) in [5.74, 6) is -0.801. The summed E-state index contributed by atoms with van der Waals surface area (Å²) in [7, 11) is 0. The molecule has 0 aromatic carbocycles. The van der Waals surface area contributed by atoms with Gasteiger partial charge in [0.15, 0.2) is 6.61 Å². The average molecular weight is 471 g/mol. The van der Waals surface area contributed by atoms with Crippen LogP contribution in [0.4, 0.5) is 4.79 Å². The van der Waals surface area contributed by atoms with E-state index >= 15 is 0 Å². The third-order valence-electron chi connectivity index (χ3n) is 2.82. The zero-order chi connectivity index (χ0) is 22.5. The Morgan fingerprint density at radius 2 is 1.69 bits per heavy atom. The summed E-state index contributed by atoms with van der Waals surface area (Å²) < 4.78 is 15.1. The molecule has 0 aliphatic rings. The molecular weight excluding hydrogens is 440 g/mol. The number of nitrogens with one attached hydrogen (secondary N) is 2. The van der Waals surface area contributed by atoms with Gasteiger partial charge in [-0.05, 0) is 40.9 Å². The first-order valence-corrected chi connectivity index (χ1v) is 11.2. The largest absolute Gasteiger partial charge is 0.461 e. The highest BCUT2D eigenvalue weighted by Crippen LogP contribution is 2.29.